The molecule has 0 atom stereocenters. The summed E-state index contributed by atoms with van der Waals surface area (Å²) in [6.07, 6.45) is 0.924. The summed E-state index contributed by atoms with van der Waals surface area (Å²) in [6, 6.07) is 4.15. The molecule has 1 aliphatic carbocycles. The van der Waals surface area contributed by atoms with E-state index in [1.165, 1.54) is 18.2 Å². The van der Waals surface area contributed by atoms with Crippen LogP contribution in [0.2, 0.25) is 0 Å². The maximum absolute atomic E-state index is 12.2. The van der Waals surface area contributed by atoms with E-state index in [1.54, 1.807) is 13.8 Å². The number of nitro groups is 1. The van der Waals surface area contributed by atoms with E-state index in [0.717, 1.165) is 0 Å². The number of amides is 1. The van der Waals surface area contributed by atoms with Crippen LogP contribution in [0.4, 0.5) is 11.4 Å². The summed E-state index contributed by atoms with van der Waals surface area (Å²) in [4.78, 5) is 34.2. The van der Waals surface area contributed by atoms with Crippen LogP contribution >= 0.6 is 0 Å². The molecule has 0 aliphatic heterocycles. The molecule has 7 heteroatoms. The van der Waals surface area contributed by atoms with Crippen molar-refractivity contribution < 1.29 is 19.2 Å². The van der Waals surface area contributed by atoms with Crippen LogP contribution in [-0.4, -0.2) is 23.4 Å². The van der Waals surface area contributed by atoms with Crippen LogP contribution in [0.1, 0.15) is 25.3 Å². The maximum atomic E-state index is 12.2. The van der Waals surface area contributed by atoms with Gasteiger partial charge in [-0.2, -0.15) is 0 Å². The maximum Gasteiger partial charge on any atom is 0.321 e. The van der Waals surface area contributed by atoms with Gasteiger partial charge < -0.3 is 10.1 Å². The van der Waals surface area contributed by atoms with Crippen molar-refractivity contribution in [3.63, 3.8) is 0 Å². The van der Waals surface area contributed by atoms with Gasteiger partial charge in [-0.15, -0.1) is 0 Å². The first-order valence-corrected chi connectivity index (χ1v) is 6.64. The zero-order valence-corrected chi connectivity index (χ0v) is 11.8. The quantitative estimate of drug-likeness (QED) is 0.388. The second-order valence-electron chi connectivity index (χ2n) is 5.01. The molecular formula is C14H16N2O5. The minimum atomic E-state index is -1.09. The highest BCUT2D eigenvalue weighted by Gasteiger charge is 2.58. The molecule has 1 aromatic carbocycles. The number of esters is 1. The van der Waals surface area contributed by atoms with Gasteiger partial charge in [0.25, 0.3) is 5.69 Å². The lowest BCUT2D eigenvalue weighted by Gasteiger charge is -2.15. The number of benzene rings is 1. The predicted molar refractivity (Wildman–Crippen MR) is 74.8 cm³/mol. The standard InChI is InChI=1S/C14H16N2O5/c1-3-21-13(18)14(6-7-14)12(17)15-11-5-4-10(16(19)20)8-9(11)2/h4-5,8H,3,6-7H2,1-2H3,(H,15,17). The molecule has 0 bridgehead atoms. The van der Waals surface area contributed by atoms with Gasteiger partial charge >= 0.3 is 5.97 Å². The third kappa shape index (κ3) is 2.86. The van der Waals surface area contributed by atoms with Crippen molar-refractivity contribution in [1.29, 1.82) is 0 Å². The summed E-state index contributed by atoms with van der Waals surface area (Å²) < 4.78 is 4.92. The Bertz CT molecular complexity index is 607. The Hall–Kier alpha value is -2.44. The fourth-order valence-corrected chi connectivity index (χ4v) is 2.06. The number of aryl methyl sites for hydroxylation is 1. The lowest BCUT2D eigenvalue weighted by atomic mass is 10.1. The smallest absolute Gasteiger partial charge is 0.321 e. The first-order chi connectivity index (χ1) is 9.90. The molecule has 1 aliphatic rings. The van der Waals surface area contributed by atoms with Crippen molar-refractivity contribution in [2.75, 3.05) is 11.9 Å². The highest BCUT2D eigenvalue weighted by Crippen LogP contribution is 2.47. The van der Waals surface area contributed by atoms with Gasteiger partial charge in [0.2, 0.25) is 5.91 Å². The molecule has 21 heavy (non-hydrogen) atoms. The Morgan fingerprint density at radius 3 is 2.57 bits per heavy atom. The molecule has 0 heterocycles. The Balaban J connectivity index is 2.13. The van der Waals surface area contributed by atoms with Crippen LogP contribution in [0.5, 0.6) is 0 Å². The molecule has 1 aromatic rings. The van der Waals surface area contributed by atoms with E-state index in [-0.39, 0.29) is 12.3 Å². The van der Waals surface area contributed by atoms with E-state index in [2.05, 4.69) is 5.32 Å². The molecule has 7 nitrogen and oxygen atoms in total. The zero-order chi connectivity index (χ0) is 15.6. The first kappa shape index (κ1) is 15.0. The summed E-state index contributed by atoms with van der Waals surface area (Å²) in [7, 11) is 0. The number of carbonyl (C=O) groups is 2. The van der Waals surface area contributed by atoms with Crippen molar-refractivity contribution in [2.24, 2.45) is 5.41 Å². The number of rotatable bonds is 5. The van der Waals surface area contributed by atoms with Gasteiger partial charge in [0.05, 0.1) is 11.5 Å². The minimum Gasteiger partial charge on any atom is -0.465 e. The number of nitro benzene ring substituents is 1. The highest BCUT2D eigenvalue weighted by molar-refractivity contribution is 6.11. The van der Waals surface area contributed by atoms with Crippen LogP contribution in [0.25, 0.3) is 0 Å². The molecule has 0 saturated heterocycles. The van der Waals surface area contributed by atoms with Crippen molar-refractivity contribution >= 4 is 23.3 Å². The van der Waals surface area contributed by atoms with E-state index in [9.17, 15) is 19.7 Å². The van der Waals surface area contributed by atoms with Gasteiger partial charge in [-0.05, 0) is 38.3 Å². The Morgan fingerprint density at radius 2 is 2.10 bits per heavy atom. The Labute approximate surface area is 121 Å². The van der Waals surface area contributed by atoms with Gasteiger partial charge in [0.15, 0.2) is 0 Å². The minimum absolute atomic E-state index is 0.0444. The zero-order valence-electron chi connectivity index (χ0n) is 11.8. The largest absolute Gasteiger partial charge is 0.465 e. The third-order valence-electron chi connectivity index (χ3n) is 3.52. The molecule has 1 fully saturated rings. The molecule has 0 spiro atoms. The van der Waals surface area contributed by atoms with Crippen LogP contribution < -0.4 is 5.32 Å². The summed E-state index contributed by atoms with van der Waals surface area (Å²) >= 11 is 0. The average molecular weight is 292 g/mol. The summed E-state index contributed by atoms with van der Waals surface area (Å²) in [5.41, 5.74) is -0.111. The van der Waals surface area contributed by atoms with Crippen LogP contribution in [0.15, 0.2) is 18.2 Å². The molecule has 112 valence electrons. The van der Waals surface area contributed by atoms with Gasteiger partial charge in [0, 0.05) is 17.8 Å². The highest BCUT2D eigenvalue weighted by atomic mass is 16.6. The molecule has 2 rings (SSSR count). The molecular weight excluding hydrogens is 276 g/mol. The number of ether oxygens (including phenoxy) is 1. The lowest BCUT2D eigenvalue weighted by molar-refractivity contribution is -0.384. The van der Waals surface area contributed by atoms with Crippen LogP contribution in [-0.2, 0) is 14.3 Å². The number of hydrogen-bond donors (Lipinski definition) is 1. The number of carbonyl (C=O) groups excluding carboxylic acids is 2. The molecule has 0 radical (unpaired) electrons. The summed E-state index contributed by atoms with van der Waals surface area (Å²) in [5, 5.41) is 13.3. The first-order valence-electron chi connectivity index (χ1n) is 6.64. The average Bonchev–Trinajstić information content (AvgIpc) is 3.22. The van der Waals surface area contributed by atoms with Crippen molar-refractivity contribution in [3.8, 4) is 0 Å². The summed E-state index contributed by atoms with van der Waals surface area (Å²) in [6.45, 7) is 3.57. The normalized spacial score (nSPS) is 15.1. The van der Waals surface area contributed by atoms with Gasteiger partial charge in [0.1, 0.15) is 5.41 Å². The Kier molecular flexibility index (Phi) is 3.93. The van der Waals surface area contributed by atoms with Crippen molar-refractivity contribution in [2.45, 2.75) is 26.7 Å². The fraction of sp³-hybridized carbons (Fsp3) is 0.429. The van der Waals surface area contributed by atoms with Gasteiger partial charge in [-0.1, -0.05) is 0 Å². The Morgan fingerprint density at radius 1 is 1.43 bits per heavy atom. The third-order valence-corrected chi connectivity index (χ3v) is 3.52. The topological polar surface area (TPSA) is 98.5 Å². The number of nitrogens with one attached hydrogen (secondary N) is 1. The monoisotopic (exact) mass is 292 g/mol. The molecule has 0 unspecified atom stereocenters. The summed E-state index contributed by atoms with van der Waals surface area (Å²) in [5.74, 6) is -0.931. The van der Waals surface area contributed by atoms with Gasteiger partial charge in [-0.25, -0.2) is 0 Å². The number of anilines is 1. The van der Waals surface area contributed by atoms with E-state index in [1.807, 2.05) is 0 Å². The second-order valence-corrected chi connectivity index (χ2v) is 5.01. The molecule has 1 amide bonds. The van der Waals surface area contributed by atoms with Crippen molar-refractivity contribution in [1.82, 2.24) is 0 Å². The van der Waals surface area contributed by atoms with Crippen LogP contribution in [0.3, 0.4) is 0 Å². The van der Waals surface area contributed by atoms with E-state index in [0.29, 0.717) is 24.1 Å². The second kappa shape index (κ2) is 5.51. The molecule has 1 N–H and O–H groups in total. The van der Waals surface area contributed by atoms with E-state index < -0.39 is 22.2 Å². The lowest BCUT2D eigenvalue weighted by Crippen LogP contribution is -2.33. The predicted octanol–water partition coefficient (Wildman–Crippen LogP) is 2.19. The van der Waals surface area contributed by atoms with Crippen LogP contribution in [0, 0.1) is 22.5 Å². The van der Waals surface area contributed by atoms with E-state index >= 15 is 0 Å². The van der Waals surface area contributed by atoms with Crippen molar-refractivity contribution in [3.05, 3.63) is 33.9 Å². The fourth-order valence-electron chi connectivity index (χ4n) is 2.06. The number of non-ortho nitro benzene ring substituents is 1. The number of nitrogens with zero attached hydrogens (tertiary/aromatic N) is 1. The van der Waals surface area contributed by atoms with Gasteiger partial charge in [-0.3, -0.25) is 19.7 Å². The number of hydrogen-bond acceptors (Lipinski definition) is 5. The SMILES string of the molecule is CCOC(=O)C1(C(=O)Nc2ccc([N+](=O)[O-])cc2C)CC1. The molecule has 1 saturated carbocycles. The van der Waals surface area contributed by atoms with E-state index in [4.69, 9.17) is 4.74 Å². The molecule has 0 aromatic heterocycles.